The molecular formula is C22H21NO4. The van der Waals surface area contributed by atoms with E-state index >= 15 is 0 Å². The predicted octanol–water partition coefficient (Wildman–Crippen LogP) is 3.56. The van der Waals surface area contributed by atoms with Crippen molar-refractivity contribution in [3.05, 3.63) is 75.1 Å². The van der Waals surface area contributed by atoms with E-state index in [9.17, 15) is 9.59 Å². The molecule has 0 saturated heterocycles. The van der Waals surface area contributed by atoms with Crippen molar-refractivity contribution >= 4 is 16.9 Å². The van der Waals surface area contributed by atoms with Crippen LogP contribution in [0.4, 0.5) is 0 Å². The van der Waals surface area contributed by atoms with Crippen molar-refractivity contribution in [2.45, 2.75) is 25.9 Å². The lowest BCUT2D eigenvalue weighted by Gasteiger charge is -2.11. The van der Waals surface area contributed by atoms with Crippen molar-refractivity contribution in [1.82, 2.24) is 4.90 Å². The van der Waals surface area contributed by atoms with Crippen LogP contribution in [0.15, 0.2) is 51.7 Å². The van der Waals surface area contributed by atoms with E-state index < -0.39 is 0 Å². The Hall–Kier alpha value is -3.08. The summed E-state index contributed by atoms with van der Waals surface area (Å²) in [6.07, 6.45) is 2.68. The van der Waals surface area contributed by atoms with Crippen LogP contribution in [0.25, 0.3) is 11.0 Å². The molecule has 1 aromatic heterocycles. The number of aryl methyl sites for hydroxylation is 1. The molecule has 5 heteroatoms. The average molecular weight is 363 g/mol. The summed E-state index contributed by atoms with van der Waals surface area (Å²) >= 11 is 0. The minimum atomic E-state index is -0.212. The Morgan fingerprint density at radius 2 is 1.81 bits per heavy atom. The van der Waals surface area contributed by atoms with Gasteiger partial charge in [-0.15, -0.1) is 0 Å². The van der Waals surface area contributed by atoms with Crippen molar-refractivity contribution < 1.29 is 13.9 Å². The summed E-state index contributed by atoms with van der Waals surface area (Å²) in [6, 6.07) is 13.0. The number of hydrogen-bond donors (Lipinski definition) is 0. The maximum atomic E-state index is 12.0. The van der Waals surface area contributed by atoms with Gasteiger partial charge in [-0.05, 0) is 60.7 Å². The number of rotatable bonds is 4. The van der Waals surface area contributed by atoms with Crippen LogP contribution < -0.4 is 10.4 Å². The number of nitrogens with zero attached hydrogens (tertiary/aromatic N) is 1. The molecule has 1 heterocycles. The normalized spacial score (nSPS) is 12.8. The smallest absolute Gasteiger partial charge is 0.339 e. The molecule has 0 aliphatic heterocycles. The quantitative estimate of drug-likeness (QED) is 0.665. The summed E-state index contributed by atoms with van der Waals surface area (Å²) in [4.78, 5) is 25.5. The third-order valence-corrected chi connectivity index (χ3v) is 4.96. The summed E-state index contributed by atoms with van der Waals surface area (Å²) in [5.41, 5.74) is 3.94. The molecule has 138 valence electrons. The Labute approximate surface area is 157 Å². The van der Waals surface area contributed by atoms with Gasteiger partial charge >= 0.3 is 5.63 Å². The zero-order valence-corrected chi connectivity index (χ0v) is 15.5. The van der Waals surface area contributed by atoms with E-state index in [1.54, 1.807) is 25.1 Å². The minimum absolute atomic E-state index is 0.0210. The third-order valence-electron chi connectivity index (χ3n) is 4.96. The SMILES string of the molecule is CN(C)C(=O)c1ccc(COc2ccc3oc(=O)c4c(c3c2)CCC4)cc1. The zero-order valence-electron chi connectivity index (χ0n) is 15.5. The molecule has 0 radical (unpaired) electrons. The first-order valence-corrected chi connectivity index (χ1v) is 9.05. The van der Waals surface area contributed by atoms with Gasteiger partial charge in [0.25, 0.3) is 5.91 Å². The number of fused-ring (bicyclic) bond motifs is 3. The molecular weight excluding hydrogens is 342 g/mol. The molecule has 0 bridgehead atoms. The van der Waals surface area contributed by atoms with E-state index in [0.717, 1.165) is 47.1 Å². The topological polar surface area (TPSA) is 59.8 Å². The number of benzene rings is 2. The highest BCUT2D eigenvalue weighted by atomic mass is 16.5. The fourth-order valence-electron chi connectivity index (χ4n) is 3.52. The minimum Gasteiger partial charge on any atom is -0.489 e. The van der Waals surface area contributed by atoms with Gasteiger partial charge in [0.2, 0.25) is 0 Å². The monoisotopic (exact) mass is 363 g/mol. The fourth-order valence-corrected chi connectivity index (χ4v) is 3.52. The first-order chi connectivity index (χ1) is 13.0. The second kappa shape index (κ2) is 6.91. The fraction of sp³-hybridized carbons (Fsp3) is 0.273. The number of carbonyl (C=O) groups is 1. The van der Waals surface area contributed by atoms with Gasteiger partial charge in [-0.2, -0.15) is 0 Å². The molecule has 27 heavy (non-hydrogen) atoms. The van der Waals surface area contributed by atoms with Crippen LogP contribution >= 0.6 is 0 Å². The van der Waals surface area contributed by atoms with Gasteiger partial charge in [0, 0.05) is 30.6 Å². The summed E-state index contributed by atoms with van der Waals surface area (Å²) in [7, 11) is 3.47. The highest BCUT2D eigenvalue weighted by Gasteiger charge is 2.19. The van der Waals surface area contributed by atoms with Crippen LogP contribution in [0.1, 0.15) is 33.5 Å². The third kappa shape index (κ3) is 3.33. The van der Waals surface area contributed by atoms with Crippen molar-refractivity contribution in [1.29, 1.82) is 0 Å². The maximum absolute atomic E-state index is 12.0. The van der Waals surface area contributed by atoms with Gasteiger partial charge in [0.1, 0.15) is 17.9 Å². The molecule has 0 spiro atoms. The van der Waals surface area contributed by atoms with Crippen LogP contribution in [0.5, 0.6) is 5.75 Å². The highest BCUT2D eigenvalue weighted by Crippen LogP contribution is 2.30. The van der Waals surface area contributed by atoms with E-state index in [2.05, 4.69) is 0 Å². The summed E-state index contributed by atoms with van der Waals surface area (Å²) in [5, 5.41) is 0.964. The Balaban J connectivity index is 1.53. The van der Waals surface area contributed by atoms with Crippen LogP contribution in [-0.4, -0.2) is 24.9 Å². The molecule has 3 aromatic rings. The number of carbonyl (C=O) groups excluding carboxylic acids is 1. The van der Waals surface area contributed by atoms with Gasteiger partial charge < -0.3 is 14.1 Å². The van der Waals surface area contributed by atoms with Crippen LogP contribution in [0.2, 0.25) is 0 Å². The molecule has 2 aromatic carbocycles. The van der Waals surface area contributed by atoms with Crippen molar-refractivity contribution in [2.24, 2.45) is 0 Å². The van der Waals surface area contributed by atoms with E-state index in [-0.39, 0.29) is 11.5 Å². The van der Waals surface area contributed by atoms with Gasteiger partial charge in [0.15, 0.2) is 0 Å². The molecule has 1 aliphatic carbocycles. The molecule has 0 atom stereocenters. The molecule has 4 rings (SSSR count). The number of hydrogen-bond acceptors (Lipinski definition) is 4. The molecule has 0 saturated carbocycles. The van der Waals surface area contributed by atoms with Gasteiger partial charge in [-0.1, -0.05) is 12.1 Å². The molecule has 1 aliphatic rings. The maximum Gasteiger partial charge on any atom is 0.339 e. The number of amides is 1. The Morgan fingerprint density at radius 1 is 1.07 bits per heavy atom. The van der Waals surface area contributed by atoms with E-state index in [0.29, 0.717) is 17.8 Å². The van der Waals surface area contributed by atoms with Crippen LogP contribution in [0.3, 0.4) is 0 Å². The Morgan fingerprint density at radius 3 is 2.56 bits per heavy atom. The van der Waals surface area contributed by atoms with Gasteiger partial charge in [-0.25, -0.2) is 4.79 Å². The van der Waals surface area contributed by atoms with E-state index in [4.69, 9.17) is 9.15 Å². The van der Waals surface area contributed by atoms with Gasteiger partial charge in [0.05, 0.1) is 0 Å². The van der Waals surface area contributed by atoms with Gasteiger partial charge in [-0.3, -0.25) is 4.79 Å². The van der Waals surface area contributed by atoms with Crippen molar-refractivity contribution in [3.63, 3.8) is 0 Å². The van der Waals surface area contributed by atoms with Crippen LogP contribution in [0, 0.1) is 0 Å². The van der Waals surface area contributed by atoms with E-state index in [1.807, 2.05) is 36.4 Å². The second-order valence-corrected chi connectivity index (χ2v) is 7.04. The van der Waals surface area contributed by atoms with E-state index in [1.165, 1.54) is 0 Å². The highest BCUT2D eigenvalue weighted by molar-refractivity contribution is 5.93. The summed E-state index contributed by atoms with van der Waals surface area (Å²) < 4.78 is 11.4. The number of ether oxygens (including phenoxy) is 1. The zero-order chi connectivity index (χ0) is 19.0. The summed E-state index contributed by atoms with van der Waals surface area (Å²) in [6.45, 7) is 0.404. The Bertz CT molecular complexity index is 1060. The van der Waals surface area contributed by atoms with Crippen molar-refractivity contribution in [3.8, 4) is 5.75 Å². The average Bonchev–Trinajstić information content (AvgIpc) is 3.17. The largest absolute Gasteiger partial charge is 0.489 e. The molecule has 1 amide bonds. The lowest BCUT2D eigenvalue weighted by Crippen LogP contribution is -2.21. The second-order valence-electron chi connectivity index (χ2n) is 7.04. The molecule has 5 nitrogen and oxygen atoms in total. The lowest BCUT2D eigenvalue weighted by molar-refractivity contribution is 0.0827. The first kappa shape index (κ1) is 17.3. The molecule has 0 unspecified atom stereocenters. The van der Waals surface area contributed by atoms with Crippen LogP contribution in [-0.2, 0) is 19.4 Å². The molecule has 0 fully saturated rings. The Kier molecular flexibility index (Phi) is 4.44. The predicted molar refractivity (Wildman–Crippen MR) is 103 cm³/mol. The standard InChI is InChI=1S/C22H21NO4/c1-23(2)21(24)15-8-6-14(7-9-15)13-26-16-10-11-20-19(12-16)17-4-3-5-18(17)22(25)27-20/h6-12H,3-5,13H2,1-2H3. The summed E-state index contributed by atoms with van der Waals surface area (Å²) in [5.74, 6) is 0.714. The lowest BCUT2D eigenvalue weighted by atomic mass is 10.1. The molecule has 0 N–H and O–H groups in total. The first-order valence-electron chi connectivity index (χ1n) is 9.05. The van der Waals surface area contributed by atoms with Crippen molar-refractivity contribution in [2.75, 3.05) is 14.1 Å².